The van der Waals surface area contributed by atoms with Gasteiger partial charge in [-0.05, 0) is 6.07 Å². The van der Waals surface area contributed by atoms with Crippen LogP contribution in [-0.2, 0) is 0 Å². The fourth-order valence-corrected chi connectivity index (χ4v) is 3.11. The van der Waals surface area contributed by atoms with Crippen molar-refractivity contribution in [3.63, 3.8) is 0 Å². The molecule has 0 bridgehead atoms. The molecular formula is C14H14ClN7O3. The van der Waals surface area contributed by atoms with E-state index in [4.69, 9.17) is 21.4 Å². The monoisotopic (exact) mass is 363 g/mol. The first-order valence-electron chi connectivity index (χ1n) is 7.55. The van der Waals surface area contributed by atoms with Gasteiger partial charge in [0.05, 0.1) is 12.6 Å². The Bertz CT molecular complexity index is 968. The van der Waals surface area contributed by atoms with Crippen molar-refractivity contribution in [2.75, 3.05) is 38.2 Å². The Labute approximate surface area is 146 Å². The summed E-state index contributed by atoms with van der Waals surface area (Å²) >= 11 is 6.16. The van der Waals surface area contributed by atoms with Crippen molar-refractivity contribution in [2.24, 2.45) is 0 Å². The fourth-order valence-electron chi connectivity index (χ4n) is 2.89. The molecule has 1 aliphatic heterocycles. The van der Waals surface area contributed by atoms with Gasteiger partial charge in [0.2, 0.25) is 11.5 Å². The Balaban J connectivity index is 1.82. The summed E-state index contributed by atoms with van der Waals surface area (Å²) in [5.41, 5.74) is 1.68. The third-order valence-corrected chi connectivity index (χ3v) is 4.44. The molecule has 1 aliphatic rings. The largest absolute Gasteiger partial charge is 0.480 e. The third kappa shape index (κ3) is 2.54. The molecule has 11 heteroatoms. The van der Waals surface area contributed by atoms with E-state index in [1.165, 1.54) is 12.0 Å². The molecule has 1 amide bonds. The molecule has 1 fully saturated rings. The number of nitrogens with zero attached hydrogens (tertiary/aromatic N) is 7. The quantitative estimate of drug-likeness (QED) is 0.721. The van der Waals surface area contributed by atoms with Crippen molar-refractivity contribution < 1.29 is 14.6 Å². The zero-order valence-corrected chi connectivity index (χ0v) is 14.0. The number of aromatic nitrogens is 5. The summed E-state index contributed by atoms with van der Waals surface area (Å²) in [6, 6.07) is 1.71. The molecule has 1 N–H and O–H groups in total. The summed E-state index contributed by atoms with van der Waals surface area (Å²) in [5, 5.41) is 17.6. The lowest BCUT2D eigenvalue weighted by molar-refractivity contribution is 0.142. The van der Waals surface area contributed by atoms with Crippen LogP contribution in [0.3, 0.4) is 0 Å². The van der Waals surface area contributed by atoms with Crippen LogP contribution in [0.4, 0.5) is 10.6 Å². The van der Waals surface area contributed by atoms with Gasteiger partial charge in [0.1, 0.15) is 11.3 Å². The van der Waals surface area contributed by atoms with Gasteiger partial charge in [0.25, 0.3) is 0 Å². The zero-order valence-electron chi connectivity index (χ0n) is 13.3. The molecule has 0 aliphatic carbocycles. The van der Waals surface area contributed by atoms with E-state index in [0.717, 1.165) is 0 Å². The highest BCUT2D eigenvalue weighted by molar-refractivity contribution is 6.32. The zero-order chi connectivity index (χ0) is 17.6. The number of halogens is 1. The molecule has 0 spiro atoms. The number of carbonyl (C=O) groups is 1. The molecule has 3 aromatic heterocycles. The molecule has 0 radical (unpaired) electrons. The van der Waals surface area contributed by atoms with Crippen molar-refractivity contribution in [3.05, 3.63) is 17.4 Å². The van der Waals surface area contributed by atoms with E-state index in [0.29, 0.717) is 53.8 Å². The van der Waals surface area contributed by atoms with Crippen molar-refractivity contribution in [1.29, 1.82) is 0 Å². The number of ether oxygens (including phenoxy) is 1. The number of amides is 1. The highest BCUT2D eigenvalue weighted by Crippen LogP contribution is 2.29. The average molecular weight is 364 g/mol. The van der Waals surface area contributed by atoms with Crippen LogP contribution in [0.15, 0.2) is 12.4 Å². The summed E-state index contributed by atoms with van der Waals surface area (Å²) in [5.74, 6) is 0.891. The molecule has 25 heavy (non-hydrogen) atoms. The number of hydrogen-bond acceptors (Lipinski definition) is 7. The second-order valence-electron chi connectivity index (χ2n) is 5.54. The number of fused-ring (bicyclic) bond motifs is 3. The number of carboxylic acid groups (broad SMARTS) is 1. The first-order valence-corrected chi connectivity index (χ1v) is 7.93. The third-order valence-electron chi connectivity index (χ3n) is 4.17. The van der Waals surface area contributed by atoms with E-state index >= 15 is 0 Å². The van der Waals surface area contributed by atoms with Gasteiger partial charge in [-0.25, -0.2) is 9.78 Å². The second-order valence-corrected chi connectivity index (χ2v) is 5.95. The Kier molecular flexibility index (Phi) is 3.68. The number of rotatable bonds is 2. The van der Waals surface area contributed by atoms with Crippen molar-refractivity contribution in [2.45, 2.75) is 0 Å². The average Bonchev–Trinajstić information content (AvgIpc) is 3.11. The van der Waals surface area contributed by atoms with E-state index in [9.17, 15) is 4.79 Å². The summed E-state index contributed by atoms with van der Waals surface area (Å²) in [4.78, 5) is 23.4. The molecule has 1 saturated heterocycles. The molecule has 0 saturated carbocycles. The summed E-state index contributed by atoms with van der Waals surface area (Å²) in [6.45, 7) is 1.82. The lowest BCUT2D eigenvalue weighted by Crippen LogP contribution is -2.48. The van der Waals surface area contributed by atoms with Gasteiger partial charge in [0, 0.05) is 26.2 Å². The van der Waals surface area contributed by atoms with Crippen LogP contribution in [0.25, 0.3) is 16.8 Å². The van der Waals surface area contributed by atoms with Gasteiger partial charge in [-0.1, -0.05) is 11.6 Å². The summed E-state index contributed by atoms with van der Waals surface area (Å²) in [6.07, 6.45) is 0.653. The van der Waals surface area contributed by atoms with Gasteiger partial charge in [-0.15, -0.1) is 10.2 Å². The maximum absolute atomic E-state index is 11.1. The molecule has 10 nitrogen and oxygen atoms in total. The second kappa shape index (κ2) is 5.88. The number of piperazine rings is 1. The van der Waals surface area contributed by atoms with Crippen molar-refractivity contribution >= 4 is 40.3 Å². The van der Waals surface area contributed by atoms with Crippen LogP contribution in [0, 0.1) is 0 Å². The molecule has 4 heterocycles. The van der Waals surface area contributed by atoms with E-state index in [2.05, 4.69) is 20.2 Å². The molecule has 130 valence electrons. The summed E-state index contributed by atoms with van der Waals surface area (Å²) in [7, 11) is 1.49. The van der Waals surface area contributed by atoms with Crippen molar-refractivity contribution in [3.8, 4) is 5.88 Å². The maximum Gasteiger partial charge on any atom is 0.407 e. The van der Waals surface area contributed by atoms with E-state index in [-0.39, 0.29) is 5.88 Å². The van der Waals surface area contributed by atoms with Crippen LogP contribution in [0.5, 0.6) is 5.88 Å². The first-order chi connectivity index (χ1) is 12.1. The Morgan fingerprint density at radius 3 is 2.72 bits per heavy atom. The normalized spacial score (nSPS) is 15.1. The predicted octanol–water partition coefficient (Wildman–Crippen LogP) is 1.13. The Morgan fingerprint density at radius 1 is 1.28 bits per heavy atom. The molecule has 4 rings (SSSR count). The maximum atomic E-state index is 11.1. The number of anilines is 1. The standard InChI is InChI=1S/C14H14ClN7O3/c1-25-13-8(15)6-9-10(18-13)17-11(12-19-16-7-22(9)12)20-2-4-21(5-3-20)14(23)24/h6-7H,2-5H2,1H3,(H,23,24). The van der Waals surface area contributed by atoms with Crippen LogP contribution in [0.1, 0.15) is 0 Å². The van der Waals surface area contributed by atoms with E-state index < -0.39 is 6.09 Å². The van der Waals surface area contributed by atoms with Crippen LogP contribution >= 0.6 is 11.6 Å². The lowest BCUT2D eigenvalue weighted by Gasteiger charge is -2.33. The van der Waals surface area contributed by atoms with Crippen LogP contribution in [0.2, 0.25) is 5.02 Å². The van der Waals surface area contributed by atoms with Gasteiger partial charge >= 0.3 is 6.09 Å². The van der Waals surface area contributed by atoms with Crippen LogP contribution < -0.4 is 9.64 Å². The summed E-state index contributed by atoms with van der Waals surface area (Å²) < 4.78 is 6.93. The SMILES string of the molecule is COc1nc2nc(N3CCN(C(=O)O)CC3)c3nncn3c2cc1Cl. The molecule has 0 atom stereocenters. The van der Waals surface area contributed by atoms with Gasteiger partial charge in [0.15, 0.2) is 11.5 Å². The topological polar surface area (TPSA) is 109 Å². The first kappa shape index (κ1) is 15.6. The van der Waals surface area contributed by atoms with Gasteiger partial charge in [-0.3, -0.25) is 4.40 Å². The fraction of sp³-hybridized carbons (Fsp3) is 0.357. The number of hydrogen-bond donors (Lipinski definition) is 1. The lowest BCUT2D eigenvalue weighted by atomic mass is 10.3. The number of pyridine rings is 1. The van der Waals surface area contributed by atoms with Gasteiger partial charge < -0.3 is 19.6 Å². The van der Waals surface area contributed by atoms with E-state index in [1.54, 1.807) is 16.8 Å². The molecule has 3 aromatic rings. The highest BCUT2D eigenvalue weighted by Gasteiger charge is 2.24. The van der Waals surface area contributed by atoms with Crippen molar-refractivity contribution in [1.82, 2.24) is 29.5 Å². The Hall–Kier alpha value is -2.88. The number of methoxy groups -OCH3 is 1. The minimum atomic E-state index is -0.917. The highest BCUT2D eigenvalue weighted by atomic mass is 35.5. The molecular weight excluding hydrogens is 350 g/mol. The minimum absolute atomic E-state index is 0.288. The van der Waals surface area contributed by atoms with E-state index in [1.807, 2.05) is 4.90 Å². The Morgan fingerprint density at radius 2 is 2.04 bits per heavy atom. The smallest absolute Gasteiger partial charge is 0.407 e. The molecule has 0 unspecified atom stereocenters. The van der Waals surface area contributed by atoms with Gasteiger partial charge in [-0.2, -0.15) is 4.98 Å². The van der Waals surface area contributed by atoms with Crippen LogP contribution in [-0.4, -0.2) is 74.0 Å². The molecule has 0 aromatic carbocycles. The minimum Gasteiger partial charge on any atom is -0.480 e. The predicted molar refractivity (Wildman–Crippen MR) is 89.5 cm³/mol.